The van der Waals surface area contributed by atoms with Crippen LogP contribution in [0.2, 0.25) is 101 Å². The van der Waals surface area contributed by atoms with Gasteiger partial charge in [-0.15, -0.1) is 0 Å². The van der Waals surface area contributed by atoms with Crippen molar-refractivity contribution in [1.82, 2.24) is 0 Å². The fourth-order valence-electron chi connectivity index (χ4n) is 9.39. The van der Waals surface area contributed by atoms with Gasteiger partial charge in [0, 0.05) is 37.4 Å². The second-order valence-electron chi connectivity index (χ2n) is 22.5. The van der Waals surface area contributed by atoms with Gasteiger partial charge in [0.05, 0.1) is 50.8 Å². The van der Waals surface area contributed by atoms with Crippen LogP contribution in [-0.2, 0) is 44.9 Å². The highest BCUT2D eigenvalue weighted by Crippen LogP contribution is 2.43. The summed E-state index contributed by atoms with van der Waals surface area (Å²) in [5, 5.41) is 0. The van der Waals surface area contributed by atoms with E-state index in [2.05, 4.69) is 0 Å². The molecule has 0 aromatic heterocycles. The third-order valence-electron chi connectivity index (χ3n) is 13.4. The Labute approximate surface area is 402 Å². The van der Waals surface area contributed by atoms with Gasteiger partial charge in [-0.25, -0.2) is 0 Å². The van der Waals surface area contributed by atoms with Crippen molar-refractivity contribution >= 4 is 68.5 Å². The first-order chi connectivity index (χ1) is 30.5. The molecule has 388 valence electrons. The molecule has 0 aromatic rings. The Morgan fingerprint density at radius 1 is 0.409 bits per heavy atom. The SMILES string of the molecule is C[Si](C)(CCC1CCC2OC2C1)O[Si](O)(O)CC[Si](O)(O)O[Si](C)(C)CCC1CCC2OC2C1.C[Si](C)(CCCOCC1CO1)O[Si](O)(O)CC[Si](O)(O)O[Si](C)(C)CCCOCC1CO1. The van der Waals surface area contributed by atoms with Crippen LogP contribution in [0.5, 0.6) is 0 Å². The van der Waals surface area contributed by atoms with Crippen LogP contribution in [0.4, 0.5) is 0 Å². The molecular formula is C40H88O18Si8. The summed E-state index contributed by atoms with van der Waals surface area (Å²) in [4.78, 5) is 84.3. The Kier molecular flexibility index (Phi) is 21.4. The molecule has 0 amide bonds. The predicted octanol–water partition coefficient (Wildman–Crippen LogP) is 4.08. The van der Waals surface area contributed by atoms with Gasteiger partial charge in [0.1, 0.15) is 12.2 Å². The van der Waals surface area contributed by atoms with Gasteiger partial charge in [-0.2, -0.15) is 0 Å². The van der Waals surface area contributed by atoms with E-state index in [1.807, 2.05) is 52.4 Å². The topological polar surface area (TPSA) is 267 Å². The molecule has 6 rings (SSSR count). The highest BCUT2D eigenvalue weighted by Gasteiger charge is 2.50. The fourth-order valence-corrected chi connectivity index (χ4v) is 36.2. The van der Waals surface area contributed by atoms with Gasteiger partial charge in [0.2, 0.25) is 0 Å². The van der Waals surface area contributed by atoms with Gasteiger partial charge in [-0.3, -0.25) is 0 Å². The molecule has 6 aliphatic rings. The van der Waals surface area contributed by atoms with Crippen LogP contribution < -0.4 is 0 Å². The van der Waals surface area contributed by atoms with Gasteiger partial charge in [0.25, 0.3) is 0 Å². The first kappa shape index (κ1) is 57.9. The summed E-state index contributed by atoms with van der Waals surface area (Å²) in [5.41, 5.74) is 0. The van der Waals surface area contributed by atoms with Gasteiger partial charge in [-0.1, -0.05) is 12.8 Å². The molecule has 4 aliphatic heterocycles. The highest BCUT2D eigenvalue weighted by molar-refractivity contribution is 6.83. The van der Waals surface area contributed by atoms with Crippen LogP contribution in [0, 0.1) is 11.8 Å². The zero-order valence-corrected chi connectivity index (χ0v) is 49.2. The summed E-state index contributed by atoms with van der Waals surface area (Å²) >= 11 is 0. The van der Waals surface area contributed by atoms with E-state index >= 15 is 0 Å². The van der Waals surface area contributed by atoms with Crippen molar-refractivity contribution in [1.29, 1.82) is 0 Å². The molecule has 0 aromatic carbocycles. The zero-order valence-electron chi connectivity index (χ0n) is 41.2. The summed E-state index contributed by atoms with van der Waals surface area (Å²) in [5.74, 6) is 1.27. The average molecular weight is 1080 g/mol. The number of hydrogen-bond donors (Lipinski definition) is 8. The molecule has 66 heavy (non-hydrogen) atoms. The molecule has 18 nitrogen and oxygen atoms in total. The standard InChI is InChI=1S/C22H46O8Si4.C18H42O10Si4/c1-31(2,11-9-17-5-7-19-21(15-17)27-19)29-33(23,24)13-14-34(25,26)30-32(3,4)12-10-18-6-8-20-22(16-18)28-20;1-29(2,9-5-7-23-13-17-15-25-17)27-31(19,20)11-12-32(21,22)28-30(3,4)10-6-8-24-14-18-16-26-18/h17-26H,5-16H2,1-4H3;17-22H,5-16H2,1-4H3. The number of ether oxygens (including phenoxy) is 6. The second-order valence-corrected chi connectivity index (χ2v) is 49.8. The van der Waals surface area contributed by atoms with E-state index in [0.717, 1.165) is 88.8 Å². The molecule has 2 saturated carbocycles. The van der Waals surface area contributed by atoms with Gasteiger partial charge < -0.3 is 83.2 Å². The minimum Gasteiger partial charge on any atom is -0.416 e. The lowest BCUT2D eigenvalue weighted by Crippen LogP contribution is -2.53. The number of fused-ring (bicyclic) bond motifs is 2. The van der Waals surface area contributed by atoms with Gasteiger partial charge in [-0.05, 0) is 140 Å². The largest absolute Gasteiger partial charge is 0.484 e. The molecule has 0 radical (unpaired) electrons. The van der Waals surface area contributed by atoms with Crippen LogP contribution in [0.15, 0.2) is 0 Å². The lowest BCUT2D eigenvalue weighted by atomic mass is 9.88. The van der Waals surface area contributed by atoms with Gasteiger partial charge >= 0.3 is 35.2 Å². The molecule has 8 unspecified atom stereocenters. The van der Waals surface area contributed by atoms with E-state index in [-0.39, 0.29) is 36.4 Å². The maximum atomic E-state index is 10.6. The Balaban J connectivity index is 0.000000248. The predicted molar refractivity (Wildman–Crippen MR) is 265 cm³/mol. The first-order valence-corrected chi connectivity index (χ1v) is 45.3. The lowest BCUT2D eigenvalue weighted by molar-refractivity contribution is 0.116. The normalized spacial score (nSPS) is 28.0. The van der Waals surface area contributed by atoms with Gasteiger partial charge in [0.15, 0.2) is 33.3 Å². The molecule has 8 atom stereocenters. The Hall–Kier alpha value is 1.02. The number of rotatable bonds is 32. The van der Waals surface area contributed by atoms with E-state index in [0.29, 0.717) is 62.7 Å². The quantitative estimate of drug-likeness (QED) is 0.0268. The monoisotopic (exact) mass is 1080 g/mol. The minimum atomic E-state index is -4.02. The molecule has 0 spiro atoms. The van der Waals surface area contributed by atoms with Crippen molar-refractivity contribution < 1.29 is 83.2 Å². The number of epoxide rings is 4. The molecule has 26 heteroatoms. The van der Waals surface area contributed by atoms with Crippen LogP contribution in [0.3, 0.4) is 0 Å². The zero-order chi connectivity index (χ0) is 48.7. The van der Waals surface area contributed by atoms with Crippen LogP contribution in [0.1, 0.15) is 64.2 Å². The molecule has 8 N–H and O–H groups in total. The van der Waals surface area contributed by atoms with E-state index in [1.165, 1.54) is 12.8 Å². The maximum absolute atomic E-state index is 10.6. The average Bonchev–Trinajstić information content (AvgIpc) is 3.98. The van der Waals surface area contributed by atoms with Crippen molar-refractivity contribution in [2.75, 3.05) is 39.6 Å². The van der Waals surface area contributed by atoms with Crippen molar-refractivity contribution in [3.63, 3.8) is 0 Å². The summed E-state index contributed by atoms with van der Waals surface area (Å²) < 4.78 is 55.8. The van der Waals surface area contributed by atoms with Crippen molar-refractivity contribution in [3.05, 3.63) is 0 Å². The molecule has 2 aliphatic carbocycles. The third kappa shape index (κ3) is 24.2. The maximum Gasteiger partial charge on any atom is 0.484 e. The van der Waals surface area contributed by atoms with Crippen molar-refractivity contribution in [2.45, 2.75) is 202 Å². The second kappa shape index (κ2) is 24.4. The van der Waals surface area contributed by atoms with E-state index in [9.17, 15) is 38.4 Å². The fraction of sp³-hybridized carbons (Fsp3) is 1.00. The summed E-state index contributed by atoms with van der Waals surface area (Å²) in [7, 11) is -25.2. The summed E-state index contributed by atoms with van der Waals surface area (Å²) in [6, 6.07) is 2.56. The molecular weight excluding hydrogens is 993 g/mol. The molecule has 6 fully saturated rings. The highest BCUT2D eigenvalue weighted by atomic mass is 28.5. The Morgan fingerprint density at radius 2 is 0.712 bits per heavy atom. The Bertz CT molecular complexity index is 1370. The van der Waals surface area contributed by atoms with Crippen molar-refractivity contribution in [3.8, 4) is 0 Å². The van der Waals surface area contributed by atoms with E-state index in [1.54, 1.807) is 0 Å². The lowest BCUT2D eigenvalue weighted by Gasteiger charge is -2.34. The van der Waals surface area contributed by atoms with E-state index < -0.39 is 68.5 Å². The Morgan fingerprint density at radius 3 is 1.00 bits per heavy atom. The molecule has 0 bridgehead atoms. The molecule has 4 saturated heterocycles. The summed E-state index contributed by atoms with van der Waals surface area (Å²) in [6.45, 7) is 19.7. The van der Waals surface area contributed by atoms with Crippen molar-refractivity contribution in [2.24, 2.45) is 11.8 Å². The smallest absolute Gasteiger partial charge is 0.416 e. The van der Waals surface area contributed by atoms with Crippen LogP contribution >= 0.6 is 0 Å². The first-order valence-electron chi connectivity index (χ1n) is 24.8. The molecule has 4 heterocycles. The number of hydrogen-bond acceptors (Lipinski definition) is 18. The van der Waals surface area contributed by atoms with Crippen LogP contribution in [-0.4, -0.2) is 183 Å². The van der Waals surface area contributed by atoms with Crippen LogP contribution in [0.25, 0.3) is 0 Å². The minimum absolute atomic E-state index is 0.128. The summed E-state index contributed by atoms with van der Waals surface area (Å²) in [6.07, 6.45) is 12.9. The van der Waals surface area contributed by atoms with E-state index in [4.69, 9.17) is 44.9 Å². The third-order valence-corrected chi connectivity index (χ3v) is 38.2.